The molecule has 6 nitrogen and oxygen atoms in total. The summed E-state index contributed by atoms with van der Waals surface area (Å²) in [6, 6.07) is 0.00244. The number of sulfonamides is 1. The predicted octanol–water partition coefficient (Wildman–Crippen LogP) is 0.0457. The van der Waals surface area contributed by atoms with Gasteiger partial charge in [0.1, 0.15) is 0 Å². The van der Waals surface area contributed by atoms with Crippen LogP contribution >= 0.6 is 0 Å². The van der Waals surface area contributed by atoms with E-state index in [1.807, 2.05) is 0 Å². The Balaban J connectivity index is 2.31. The van der Waals surface area contributed by atoms with Crippen LogP contribution < -0.4 is 11.1 Å². The maximum Gasteiger partial charge on any atom is 0.221 e. The summed E-state index contributed by atoms with van der Waals surface area (Å²) in [5, 5.41) is 2.87. The van der Waals surface area contributed by atoms with Crippen LogP contribution in [0.1, 0.15) is 39.0 Å². The van der Waals surface area contributed by atoms with Gasteiger partial charge < -0.3 is 11.1 Å². The summed E-state index contributed by atoms with van der Waals surface area (Å²) < 4.78 is 24.5. The van der Waals surface area contributed by atoms with E-state index in [4.69, 9.17) is 5.73 Å². The van der Waals surface area contributed by atoms with E-state index in [1.54, 1.807) is 0 Å². The van der Waals surface area contributed by atoms with Gasteiger partial charge in [0, 0.05) is 32.1 Å². The Hall–Kier alpha value is -0.660. The molecule has 1 aliphatic heterocycles. The van der Waals surface area contributed by atoms with Crippen molar-refractivity contribution in [1.29, 1.82) is 0 Å². The summed E-state index contributed by atoms with van der Waals surface area (Å²) in [5.74, 6) is 0.0879. The van der Waals surface area contributed by atoms with E-state index in [9.17, 15) is 13.2 Å². The highest BCUT2D eigenvalue weighted by Crippen LogP contribution is 2.13. The van der Waals surface area contributed by atoms with Crippen LogP contribution in [-0.2, 0) is 14.8 Å². The van der Waals surface area contributed by atoms with Gasteiger partial charge in [-0.1, -0.05) is 19.8 Å². The zero-order valence-electron chi connectivity index (χ0n) is 11.6. The average Bonchev–Trinajstić information content (AvgIpc) is 2.71. The number of nitrogens with one attached hydrogen (secondary N) is 1. The van der Waals surface area contributed by atoms with Crippen molar-refractivity contribution >= 4 is 15.9 Å². The molecule has 0 spiro atoms. The van der Waals surface area contributed by atoms with E-state index < -0.39 is 10.0 Å². The molecule has 0 saturated carbocycles. The van der Waals surface area contributed by atoms with Gasteiger partial charge in [-0.25, -0.2) is 12.7 Å². The number of amides is 1. The summed E-state index contributed by atoms with van der Waals surface area (Å²) in [6.45, 7) is 3.33. The lowest BCUT2D eigenvalue weighted by Gasteiger charge is -2.18. The molecule has 112 valence electrons. The van der Waals surface area contributed by atoms with E-state index >= 15 is 0 Å². The molecule has 1 saturated heterocycles. The number of nitrogens with two attached hydrogens (primary N) is 1. The van der Waals surface area contributed by atoms with Crippen molar-refractivity contribution in [3.8, 4) is 0 Å². The van der Waals surface area contributed by atoms with Crippen LogP contribution in [-0.4, -0.2) is 50.1 Å². The molecule has 1 unspecified atom stereocenters. The second-order valence-corrected chi connectivity index (χ2v) is 7.05. The number of hydrogen-bond donors (Lipinski definition) is 2. The van der Waals surface area contributed by atoms with Crippen molar-refractivity contribution in [3.05, 3.63) is 0 Å². The van der Waals surface area contributed by atoms with Gasteiger partial charge in [0.25, 0.3) is 0 Å². The maximum atomic E-state index is 11.8. The number of nitrogens with zero attached hydrogens (tertiary/aromatic N) is 1. The molecule has 0 aromatic heterocycles. The number of rotatable bonds is 8. The van der Waals surface area contributed by atoms with Crippen molar-refractivity contribution in [2.45, 2.75) is 45.1 Å². The molecule has 1 atom stereocenters. The van der Waals surface area contributed by atoms with Crippen LogP contribution in [0.2, 0.25) is 0 Å². The Morgan fingerprint density at radius 2 is 2.21 bits per heavy atom. The topological polar surface area (TPSA) is 92.5 Å². The Morgan fingerprint density at radius 1 is 1.47 bits per heavy atom. The van der Waals surface area contributed by atoms with Crippen LogP contribution in [0.4, 0.5) is 0 Å². The van der Waals surface area contributed by atoms with Crippen molar-refractivity contribution in [2.24, 2.45) is 5.73 Å². The van der Waals surface area contributed by atoms with Gasteiger partial charge in [-0.05, 0) is 12.8 Å². The minimum absolute atomic E-state index is 0.00244. The largest absolute Gasteiger partial charge is 0.352 e. The van der Waals surface area contributed by atoms with Crippen LogP contribution in [0.3, 0.4) is 0 Å². The normalized spacial score (nSPS) is 20.3. The number of hydrogen-bond acceptors (Lipinski definition) is 4. The first kappa shape index (κ1) is 16.4. The smallest absolute Gasteiger partial charge is 0.221 e. The molecule has 7 heteroatoms. The highest BCUT2D eigenvalue weighted by atomic mass is 32.2. The van der Waals surface area contributed by atoms with Gasteiger partial charge in [-0.15, -0.1) is 0 Å². The number of carbonyl (C=O) groups is 1. The van der Waals surface area contributed by atoms with Crippen LogP contribution in [0.15, 0.2) is 0 Å². The third-order valence-corrected chi connectivity index (χ3v) is 5.30. The van der Waals surface area contributed by atoms with Gasteiger partial charge in [0.2, 0.25) is 15.9 Å². The monoisotopic (exact) mass is 291 g/mol. The summed E-state index contributed by atoms with van der Waals surface area (Å²) >= 11 is 0. The van der Waals surface area contributed by atoms with Crippen molar-refractivity contribution in [1.82, 2.24) is 9.62 Å². The van der Waals surface area contributed by atoms with Crippen molar-refractivity contribution < 1.29 is 13.2 Å². The lowest BCUT2D eigenvalue weighted by molar-refractivity contribution is -0.121. The van der Waals surface area contributed by atoms with Crippen LogP contribution in [0.5, 0.6) is 0 Å². The Labute approximate surface area is 115 Å². The number of carbonyl (C=O) groups excluding carboxylic acids is 1. The minimum atomic E-state index is -3.10. The van der Waals surface area contributed by atoms with Gasteiger partial charge in [-0.3, -0.25) is 4.79 Å². The molecule has 0 aromatic carbocycles. The first-order chi connectivity index (χ1) is 8.99. The SMILES string of the molecule is CCCCC(CN)NC(=O)CCN1CCCS1(=O)=O. The van der Waals surface area contributed by atoms with Gasteiger partial charge >= 0.3 is 0 Å². The molecule has 19 heavy (non-hydrogen) atoms. The van der Waals surface area contributed by atoms with Crippen molar-refractivity contribution in [3.63, 3.8) is 0 Å². The molecule has 0 radical (unpaired) electrons. The highest BCUT2D eigenvalue weighted by Gasteiger charge is 2.28. The van der Waals surface area contributed by atoms with Crippen LogP contribution in [0.25, 0.3) is 0 Å². The van der Waals surface area contributed by atoms with Crippen molar-refractivity contribution in [2.75, 3.05) is 25.4 Å². The fourth-order valence-electron chi connectivity index (χ4n) is 2.17. The van der Waals surface area contributed by atoms with Gasteiger partial charge in [-0.2, -0.15) is 0 Å². The first-order valence-electron chi connectivity index (χ1n) is 6.97. The fourth-order valence-corrected chi connectivity index (χ4v) is 3.70. The maximum absolute atomic E-state index is 11.8. The molecule has 0 aliphatic carbocycles. The summed E-state index contributed by atoms with van der Waals surface area (Å²) in [4.78, 5) is 11.8. The molecule has 1 rings (SSSR count). The zero-order valence-corrected chi connectivity index (χ0v) is 12.4. The van der Waals surface area contributed by atoms with E-state index in [0.29, 0.717) is 19.5 Å². The molecule has 1 aliphatic rings. The standard InChI is InChI=1S/C12H25N3O3S/c1-2-3-5-11(10-13)14-12(16)6-8-15-7-4-9-19(15,17)18/h11H,2-10,13H2,1H3,(H,14,16). The Morgan fingerprint density at radius 3 is 2.74 bits per heavy atom. The second-order valence-electron chi connectivity index (χ2n) is 4.96. The first-order valence-corrected chi connectivity index (χ1v) is 8.57. The highest BCUT2D eigenvalue weighted by molar-refractivity contribution is 7.89. The minimum Gasteiger partial charge on any atom is -0.352 e. The zero-order chi connectivity index (χ0) is 14.3. The van der Waals surface area contributed by atoms with E-state index in [2.05, 4.69) is 12.2 Å². The quantitative estimate of drug-likeness (QED) is 0.660. The third-order valence-electron chi connectivity index (χ3n) is 3.35. The van der Waals surface area contributed by atoms with E-state index in [-0.39, 0.29) is 30.7 Å². The van der Waals surface area contributed by atoms with Gasteiger partial charge in [0.05, 0.1) is 5.75 Å². The fraction of sp³-hybridized carbons (Fsp3) is 0.917. The summed E-state index contributed by atoms with van der Waals surface area (Å²) in [5.41, 5.74) is 5.60. The molecular formula is C12H25N3O3S. The number of unbranched alkanes of at least 4 members (excludes halogenated alkanes) is 1. The molecule has 1 fully saturated rings. The molecule has 1 amide bonds. The van der Waals surface area contributed by atoms with E-state index in [0.717, 1.165) is 19.3 Å². The second kappa shape index (κ2) is 7.81. The lowest BCUT2D eigenvalue weighted by atomic mass is 10.1. The average molecular weight is 291 g/mol. The Bertz CT molecular complexity index is 384. The summed E-state index contributed by atoms with van der Waals surface area (Å²) in [6.07, 6.45) is 3.84. The molecule has 0 aromatic rings. The van der Waals surface area contributed by atoms with Crippen LogP contribution in [0, 0.1) is 0 Å². The van der Waals surface area contributed by atoms with Gasteiger partial charge in [0.15, 0.2) is 0 Å². The molecule has 1 heterocycles. The third kappa shape index (κ3) is 5.46. The molecule has 0 bridgehead atoms. The lowest BCUT2D eigenvalue weighted by Crippen LogP contribution is -2.41. The molecule has 3 N–H and O–H groups in total. The Kier molecular flexibility index (Phi) is 6.74. The summed E-state index contributed by atoms with van der Waals surface area (Å²) in [7, 11) is -3.10. The molecular weight excluding hydrogens is 266 g/mol. The van der Waals surface area contributed by atoms with E-state index in [1.165, 1.54) is 4.31 Å². The predicted molar refractivity (Wildman–Crippen MR) is 75.1 cm³/mol.